The summed E-state index contributed by atoms with van der Waals surface area (Å²) in [6.45, 7) is -0.0174. The van der Waals surface area contributed by atoms with E-state index in [4.69, 9.17) is 0 Å². The van der Waals surface area contributed by atoms with Gasteiger partial charge >= 0.3 is 0 Å². The van der Waals surface area contributed by atoms with E-state index >= 15 is 0 Å². The average Bonchev–Trinajstić information content (AvgIpc) is 3.37. The highest BCUT2D eigenvalue weighted by molar-refractivity contribution is 7.00. The minimum absolute atomic E-state index is 0.0174. The fourth-order valence-corrected chi connectivity index (χ4v) is 10.2. The minimum atomic E-state index is -0.0174. The molecule has 9 aromatic carbocycles. The third-order valence-electron chi connectivity index (χ3n) is 13.1. The van der Waals surface area contributed by atoms with Crippen LogP contribution in [-0.2, 0) is 0 Å². The van der Waals surface area contributed by atoms with Crippen molar-refractivity contribution < 1.29 is 0 Å². The summed E-state index contributed by atoms with van der Waals surface area (Å²) >= 11 is 0. The van der Waals surface area contributed by atoms with Crippen LogP contribution in [0.2, 0.25) is 0 Å². The Labute approximate surface area is 370 Å². The van der Waals surface area contributed by atoms with Crippen LogP contribution < -0.4 is 26.2 Å². The van der Waals surface area contributed by atoms with E-state index in [1.54, 1.807) is 0 Å². The maximum Gasteiger partial charge on any atom is 0.252 e. The smallest absolute Gasteiger partial charge is 0.252 e. The topological polar surface area (TPSA) is 6.48 Å². The van der Waals surface area contributed by atoms with E-state index in [1.807, 2.05) is 0 Å². The van der Waals surface area contributed by atoms with Crippen LogP contribution in [0.15, 0.2) is 242 Å². The fraction of sp³-hybridized carbons (Fsp3) is 0.0333. The van der Waals surface area contributed by atoms with Gasteiger partial charge in [-0.15, -0.1) is 0 Å². The lowest BCUT2D eigenvalue weighted by atomic mass is 9.33. The predicted molar refractivity (Wildman–Crippen MR) is 268 cm³/mol. The maximum atomic E-state index is 2.60. The number of anilines is 5. The Morgan fingerprint density at radius 2 is 0.841 bits per heavy atom. The molecule has 296 valence electrons. The standard InChI is InChI=1S/C60H43BN2/c1-6-19-42(20-7-1)45-33-35-50(36-34-45)62-56-32-17-16-31-54(56)61-55-40-52(46-25-12-4-13-26-46)53(47-27-14-5-15-28-47)41-57(55)63(51-30-18-29-48(37-51)43-21-8-2-9-22-43)59-39-49(38-58(62)60(59)61)44-23-10-3-11-24-44/h1-17,19-28,30-41H,18,29H2. The van der Waals surface area contributed by atoms with E-state index in [0.29, 0.717) is 0 Å². The first-order valence-electron chi connectivity index (χ1n) is 22.1. The summed E-state index contributed by atoms with van der Waals surface area (Å²) in [5, 5.41) is 0. The van der Waals surface area contributed by atoms with Crippen LogP contribution in [-0.4, -0.2) is 6.71 Å². The molecule has 0 radical (unpaired) electrons. The van der Waals surface area contributed by atoms with Crippen molar-refractivity contribution in [1.29, 1.82) is 0 Å². The Morgan fingerprint density at radius 1 is 0.349 bits per heavy atom. The Morgan fingerprint density at radius 3 is 1.46 bits per heavy atom. The van der Waals surface area contributed by atoms with Gasteiger partial charge in [0.25, 0.3) is 6.71 Å². The van der Waals surface area contributed by atoms with Crippen molar-refractivity contribution in [1.82, 2.24) is 0 Å². The van der Waals surface area contributed by atoms with Gasteiger partial charge in [0.2, 0.25) is 0 Å². The molecule has 0 unspecified atom stereocenters. The fourth-order valence-electron chi connectivity index (χ4n) is 10.2. The molecular weight excluding hydrogens is 759 g/mol. The van der Waals surface area contributed by atoms with Crippen LogP contribution in [0.4, 0.5) is 28.4 Å². The molecule has 0 fully saturated rings. The van der Waals surface area contributed by atoms with Crippen molar-refractivity contribution in [3.8, 4) is 44.5 Å². The predicted octanol–water partition coefficient (Wildman–Crippen LogP) is 13.9. The van der Waals surface area contributed by atoms with Crippen LogP contribution in [0, 0.1) is 0 Å². The van der Waals surface area contributed by atoms with Crippen LogP contribution in [0.3, 0.4) is 0 Å². The number of hydrogen-bond acceptors (Lipinski definition) is 2. The highest BCUT2D eigenvalue weighted by Crippen LogP contribution is 2.48. The molecule has 0 amide bonds. The molecule has 2 aliphatic heterocycles. The molecule has 2 heterocycles. The summed E-state index contributed by atoms with van der Waals surface area (Å²) in [4.78, 5) is 5.12. The van der Waals surface area contributed by atoms with E-state index in [2.05, 4.69) is 246 Å². The highest BCUT2D eigenvalue weighted by Gasteiger charge is 2.44. The van der Waals surface area contributed by atoms with Gasteiger partial charge in [-0.05, 0) is 127 Å². The number of allylic oxidation sites excluding steroid dienone is 3. The number of rotatable bonds is 7. The van der Waals surface area contributed by atoms with Crippen molar-refractivity contribution in [2.24, 2.45) is 0 Å². The van der Waals surface area contributed by atoms with Gasteiger partial charge in [0.15, 0.2) is 0 Å². The molecule has 0 bridgehead atoms. The zero-order chi connectivity index (χ0) is 41.7. The maximum absolute atomic E-state index is 2.60. The second kappa shape index (κ2) is 15.5. The lowest BCUT2D eigenvalue weighted by Crippen LogP contribution is -2.61. The molecule has 3 aliphatic rings. The first kappa shape index (κ1) is 36.9. The van der Waals surface area contributed by atoms with Crippen molar-refractivity contribution in [3.05, 3.63) is 248 Å². The van der Waals surface area contributed by atoms with Crippen molar-refractivity contribution in [2.45, 2.75) is 12.8 Å². The van der Waals surface area contributed by atoms with Crippen molar-refractivity contribution in [3.63, 3.8) is 0 Å². The summed E-state index contributed by atoms with van der Waals surface area (Å²) in [5.41, 5.74) is 23.4. The molecule has 1 aliphatic carbocycles. The molecule has 0 atom stereocenters. The zero-order valence-corrected chi connectivity index (χ0v) is 34.9. The molecule has 0 N–H and O–H groups in total. The number of para-hydroxylation sites is 1. The van der Waals surface area contributed by atoms with Gasteiger partial charge in [0.1, 0.15) is 0 Å². The SMILES string of the molecule is C1=C(c2ccccc2)CCC=C1N1c2cc(-c3ccccc3)c(-c3ccccc3)cc2B2c3ccccc3N(c3ccc(-c4ccccc4)cc3)c3cc(-c4ccccc4)cc1c32. The Kier molecular flexibility index (Phi) is 9.11. The number of fused-ring (bicyclic) bond motifs is 4. The van der Waals surface area contributed by atoms with E-state index < -0.39 is 0 Å². The van der Waals surface area contributed by atoms with E-state index in [1.165, 1.54) is 100 Å². The van der Waals surface area contributed by atoms with Crippen molar-refractivity contribution >= 4 is 57.1 Å². The average molecular weight is 803 g/mol. The summed E-state index contributed by atoms with van der Waals surface area (Å²) in [6, 6.07) is 82.6. The van der Waals surface area contributed by atoms with E-state index in [0.717, 1.165) is 18.5 Å². The summed E-state index contributed by atoms with van der Waals surface area (Å²) in [5.74, 6) is 0. The van der Waals surface area contributed by atoms with Gasteiger partial charge in [0.05, 0.1) is 0 Å². The van der Waals surface area contributed by atoms with Gasteiger partial charge in [0, 0.05) is 34.1 Å². The quantitative estimate of drug-likeness (QED) is 0.148. The zero-order valence-electron chi connectivity index (χ0n) is 34.9. The van der Waals surface area contributed by atoms with Crippen LogP contribution in [0.25, 0.3) is 50.1 Å². The van der Waals surface area contributed by atoms with Crippen LogP contribution >= 0.6 is 0 Å². The molecular formula is C60H43BN2. The van der Waals surface area contributed by atoms with Gasteiger partial charge in [-0.1, -0.05) is 194 Å². The second-order valence-corrected chi connectivity index (χ2v) is 16.8. The second-order valence-electron chi connectivity index (χ2n) is 16.8. The van der Waals surface area contributed by atoms with E-state index in [-0.39, 0.29) is 6.71 Å². The molecule has 0 aromatic heterocycles. The van der Waals surface area contributed by atoms with Crippen LogP contribution in [0.5, 0.6) is 0 Å². The Balaban J connectivity index is 1.17. The summed E-state index contributed by atoms with van der Waals surface area (Å²) in [7, 11) is 0. The first-order valence-corrected chi connectivity index (χ1v) is 22.1. The molecule has 2 nitrogen and oxygen atoms in total. The summed E-state index contributed by atoms with van der Waals surface area (Å²) < 4.78 is 0. The number of hydrogen-bond donors (Lipinski definition) is 0. The molecule has 12 rings (SSSR count). The molecule has 0 saturated carbocycles. The first-order chi connectivity index (χ1) is 31.3. The van der Waals surface area contributed by atoms with Gasteiger partial charge in [-0.2, -0.15) is 0 Å². The van der Waals surface area contributed by atoms with Gasteiger partial charge < -0.3 is 9.80 Å². The highest BCUT2D eigenvalue weighted by atomic mass is 15.2. The number of nitrogens with zero attached hydrogens (tertiary/aromatic N) is 2. The normalized spacial score (nSPS) is 13.7. The third kappa shape index (κ3) is 6.44. The Bertz CT molecular complexity index is 3200. The molecule has 3 heteroatoms. The molecule has 63 heavy (non-hydrogen) atoms. The van der Waals surface area contributed by atoms with Gasteiger partial charge in [-0.25, -0.2) is 0 Å². The molecule has 0 saturated heterocycles. The minimum Gasteiger partial charge on any atom is -0.312 e. The number of benzene rings is 9. The monoisotopic (exact) mass is 802 g/mol. The summed E-state index contributed by atoms with van der Waals surface area (Å²) in [6.07, 6.45) is 6.88. The lowest BCUT2D eigenvalue weighted by molar-refractivity contribution is 1.01. The van der Waals surface area contributed by atoms with Crippen LogP contribution in [0.1, 0.15) is 18.4 Å². The Hall–Kier alpha value is -7.88. The van der Waals surface area contributed by atoms with E-state index in [9.17, 15) is 0 Å². The third-order valence-corrected chi connectivity index (χ3v) is 13.1. The molecule has 0 spiro atoms. The lowest BCUT2D eigenvalue weighted by Gasteiger charge is -2.45. The van der Waals surface area contributed by atoms with Gasteiger partial charge in [-0.3, -0.25) is 0 Å². The largest absolute Gasteiger partial charge is 0.312 e. The molecule has 9 aromatic rings. The van der Waals surface area contributed by atoms with Crippen molar-refractivity contribution in [2.75, 3.05) is 9.80 Å².